The zero-order chi connectivity index (χ0) is 13.1. The van der Waals surface area contributed by atoms with Crippen molar-refractivity contribution in [2.75, 3.05) is 14.2 Å². The SMILES string of the molecule is COc1ccc2cc(CC(=O)O)ccc2c1OC. The van der Waals surface area contributed by atoms with Crippen LogP contribution in [0.3, 0.4) is 0 Å². The van der Waals surface area contributed by atoms with Crippen LogP contribution in [-0.4, -0.2) is 25.3 Å². The Morgan fingerprint density at radius 3 is 2.56 bits per heavy atom. The van der Waals surface area contributed by atoms with Crippen LogP contribution >= 0.6 is 0 Å². The van der Waals surface area contributed by atoms with Gasteiger partial charge in [0.2, 0.25) is 0 Å². The van der Waals surface area contributed by atoms with E-state index >= 15 is 0 Å². The third kappa shape index (κ3) is 2.22. The zero-order valence-electron chi connectivity index (χ0n) is 10.3. The molecule has 0 aromatic heterocycles. The number of aliphatic carboxylic acids is 1. The Morgan fingerprint density at radius 1 is 1.17 bits per heavy atom. The number of carbonyl (C=O) groups is 1. The summed E-state index contributed by atoms with van der Waals surface area (Å²) in [6.07, 6.45) is 0.0181. The van der Waals surface area contributed by atoms with Gasteiger partial charge >= 0.3 is 5.97 Å². The first kappa shape index (κ1) is 12.2. The maximum absolute atomic E-state index is 10.7. The molecule has 0 atom stereocenters. The van der Waals surface area contributed by atoms with Crippen LogP contribution in [0, 0.1) is 0 Å². The van der Waals surface area contributed by atoms with Crippen molar-refractivity contribution in [2.24, 2.45) is 0 Å². The minimum Gasteiger partial charge on any atom is -0.493 e. The minimum atomic E-state index is -0.838. The van der Waals surface area contributed by atoms with Crippen LogP contribution in [0.5, 0.6) is 11.5 Å². The van der Waals surface area contributed by atoms with Crippen molar-refractivity contribution in [1.82, 2.24) is 0 Å². The molecule has 4 nitrogen and oxygen atoms in total. The van der Waals surface area contributed by atoms with Crippen molar-refractivity contribution in [3.05, 3.63) is 35.9 Å². The maximum atomic E-state index is 10.7. The molecule has 2 aromatic carbocycles. The molecular formula is C14H14O4. The summed E-state index contributed by atoms with van der Waals surface area (Å²) in [4.78, 5) is 10.7. The topological polar surface area (TPSA) is 55.8 Å². The van der Waals surface area contributed by atoms with E-state index in [0.29, 0.717) is 11.5 Å². The lowest BCUT2D eigenvalue weighted by molar-refractivity contribution is -0.136. The summed E-state index contributed by atoms with van der Waals surface area (Å²) in [5.74, 6) is 0.489. The lowest BCUT2D eigenvalue weighted by atomic mass is 10.0. The second-order valence-electron chi connectivity index (χ2n) is 3.93. The van der Waals surface area contributed by atoms with Gasteiger partial charge in [-0.1, -0.05) is 24.3 Å². The van der Waals surface area contributed by atoms with Gasteiger partial charge in [0.05, 0.1) is 20.6 Å². The van der Waals surface area contributed by atoms with E-state index in [4.69, 9.17) is 14.6 Å². The van der Waals surface area contributed by atoms with Gasteiger partial charge in [0, 0.05) is 5.39 Å². The minimum absolute atomic E-state index is 0.0181. The van der Waals surface area contributed by atoms with Gasteiger partial charge in [-0.3, -0.25) is 4.79 Å². The highest BCUT2D eigenvalue weighted by molar-refractivity contribution is 5.91. The number of rotatable bonds is 4. The van der Waals surface area contributed by atoms with Crippen LogP contribution in [0.4, 0.5) is 0 Å². The van der Waals surface area contributed by atoms with E-state index in [0.717, 1.165) is 16.3 Å². The van der Waals surface area contributed by atoms with Gasteiger partial charge < -0.3 is 14.6 Å². The van der Waals surface area contributed by atoms with Gasteiger partial charge in [-0.15, -0.1) is 0 Å². The van der Waals surface area contributed by atoms with Gasteiger partial charge in [-0.05, 0) is 17.0 Å². The molecule has 0 aliphatic rings. The Kier molecular flexibility index (Phi) is 3.37. The van der Waals surface area contributed by atoms with E-state index in [1.807, 2.05) is 24.3 Å². The number of ether oxygens (including phenoxy) is 2. The first-order valence-electron chi connectivity index (χ1n) is 5.51. The maximum Gasteiger partial charge on any atom is 0.307 e. The Morgan fingerprint density at radius 2 is 1.94 bits per heavy atom. The standard InChI is InChI=1S/C14H14O4/c1-17-12-6-4-10-7-9(8-13(15)16)3-5-11(10)14(12)18-2/h3-7H,8H2,1-2H3,(H,15,16). The van der Waals surface area contributed by atoms with E-state index in [1.54, 1.807) is 20.3 Å². The van der Waals surface area contributed by atoms with E-state index in [-0.39, 0.29) is 6.42 Å². The molecule has 0 aliphatic heterocycles. The highest BCUT2D eigenvalue weighted by Crippen LogP contribution is 2.35. The molecule has 18 heavy (non-hydrogen) atoms. The average molecular weight is 246 g/mol. The van der Waals surface area contributed by atoms with Gasteiger partial charge in [-0.25, -0.2) is 0 Å². The van der Waals surface area contributed by atoms with E-state index in [1.165, 1.54) is 0 Å². The Hall–Kier alpha value is -2.23. The van der Waals surface area contributed by atoms with Crippen molar-refractivity contribution < 1.29 is 19.4 Å². The largest absolute Gasteiger partial charge is 0.493 e. The Balaban J connectivity index is 2.56. The van der Waals surface area contributed by atoms with Crippen molar-refractivity contribution in [3.63, 3.8) is 0 Å². The fourth-order valence-electron chi connectivity index (χ4n) is 1.99. The summed E-state index contributed by atoms with van der Waals surface area (Å²) in [7, 11) is 3.17. The fourth-order valence-corrected chi connectivity index (χ4v) is 1.99. The van der Waals surface area contributed by atoms with Gasteiger partial charge in [-0.2, -0.15) is 0 Å². The Bertz CT molecular complexity index is 590. The van der Waals surface area contributed by atoms with Crippen molar-refractivity contribution >= 4 is 16.7 Å². The second-order valence-corrected chi connectivity index (χ2v) is 3.93. The summed E-state index contributed by atoms with van der Waals surface area (Å²) in [6.45, 7) is 0. The molecule has 0 bridgehead atoms. The number of methoxy groups -OCH3 is 2. The number of carboxylic acid groups (broad SMARTS) is 1. The molecule has 0 spiro atoms. The molecule has 0 heterocycles. The van der Waals surface area contributed by atoms with Crippen molar-refractivity contribution in [3.8, 4) is 11.5 Å². The molecule has 0 fully saturated rings. The van der Waals surface area contributed by atoms with E-state index < -0.39 is 5.97 Å². The number of benzene rings is 2. The van der Waals surface area contributed by atoms with Gasteiger partial charge in [0.15, 0.2) is 11.5 Å². The smallest absolute Gasteiger partial charge is 0.307 e. The molecule has 0 saturated heterocycles. The lowest BCUT2D eigenvalue weighted by Crippen LogP contribution is -2.00. The van der Waals surface area contributed by atoms with Crippen LogP contribution in [0.15, 0.2) is 30.3 Å². The van der Waals surface area contributed by atoms with E-state index in [2.05, 4.69) is 0 Å². The number of hydrogen-bond acceptors (Lipinski definition) is 3. The van der Waals surface area contributed by atoms with Gasteiger partial charge in [0.1, 0.15) is 0 Å². The second kappa shape index (κ2) is 4.96. The van der Waals surface area contributed by atoms with Crippen LogP contribution in [-0.2, 0) is 11.2 Å². The average Bonchev–Trinajstić information content (AvgIpc) is 2.36. The first-order valence-corrected chi connectivity index (χ1v) is 5.51. The lowest BCUT2D eigenvalue weighted by Gasteiger charge is -2.11. The quantitative estimate of drug-likeness (QED) is 0.900. The molecule has 0 unspecified atom stereocenters. The normalized spacial score (nSPS) is 10.3. The molecular weight excluding hydrogens is 232 g/mol. The van der Waals surface area contributed by atoms with Crippen LogP contribution < -0.4 is 9.47 Å². The third-order valence-corrected chi connectivity index (χ3v) is 2.78. The summed E-state index contributed by atoms with van der Waals surface area (Å²) < 4.78 is 10.5. The van der Waals surface area contributed by atoms with E-state index in [9.17, 15) is 4.79 Å². The number of hydrogen-bond donors (Lipinski definition) is 1. The third-order valence-electron chi connectivity index (χ3n) is 2.78. The number of fused-ring (bicyclic) bond motifs is 1. The van der Waals surface area contributed by atoms with Crippen molar-refractivity contribution in [2.45, 2.75) is 6.42 Å². The predicted octanol–water partition coefficient (Wildman–Crippen LogP) is 2.48. The molecule has 94 valence electrons. The molecule has 1 N–H and O–H groups in total. The molecule has 0 aliphatic carbocycles. The molecule has 0 amide bonds. The summed E-state index contributed by atoms with van der Waals surface area (Å²) in [6, 6.07) is 9.20. The highest BCUT2D eigenvalue weighted by atomic mass is 16.5. The summed E-state index contributed by atoms with van der Waals surface area (Å²) in [5.41, 5.74) is 0.766. The Labute approximate surface area is 105 Å². The predicted molar refractivity (Wildman–Crippen MR) is 68.4 cm³/mol. The summed E-state index contributed by atoms with van der Waals surface area (Å²) in [5, 5.41) is 10.6. The molecule has 0 radical (unpaired) electrons. The molecule has 2 aromatic rings. The molecule has 2 rings (SSSR count). The molecule has 0 saturated carbocycles. The molecule has 4 heteroatoms. The van der Waals surface area contributed by atoms with Gasteiger partial charge in [0.25, 0.3) is 0 Å². The summed E-state index contributed by atoms with van der Waals surface area (Å²) >= 11 is 0. The monoisotopic (exact) mass is 246 g/mol. The number of carboxylic acids is 1. The zero-order valence-corrected chi connectivity index (χ0v) is 10.3. The first-order chi connectivity index (χ1) is 8.65. The highest BCUT2D eigenvalue weighted by Gasteiger charge is 2.09. The van der Waals surface area contributed by atoms with Crippen molar-refractivity contribution in [1.29, 1.82) is 0 Å². The van der Waals surface area contributed by atoms with Crippen LogP contribution in [0.25, 0.3) is 10.8 Å². The fraction of sp³-hybridized carbons (Fsp3) is 0.214. The van der Waals surface area contributed by atoms with Crippen LogP contribution in [0.1, 0.15) is 5.56 Å². The van der Waals surface area contributed by atoms with Crippen LogP contribution in [0.2, 0.25) is 0 Å².